The number of hydrogen-bond donors (Lipinski definition) is 0. The minimum Gasteiger partial charge on any atom is -0.309 e. The van der Waals surface area contributed by atoms with Crippen molar-refractivity contribution in [2.45, 2.75) is 6.92 Å². The van der Waals surface area contributed by atoms with Crippen LogP contribution in [0.5, 0.6) is 0 Å². The van der Waals surface area contributed by atoms with Gasteiger partial charge in [0, 0.05) is 111 Å². The van der Waals surface area contributed by atoms with Crippen molar-refractivity contribution in [3.63, 3.8) is 0 Å². The third-order valence-corrected chi connectivity index (χ3v) is 29.2. The van der Waals surface area contributed by atoms with Crippen molar-refractivity contribution in [2.75, 3.05) is 0 Å². The summed E-state index contributed by atoms with van der Waals surface area (Å²) >= 11 is 14.5. The molecular weight excluding hydrogens is 2030 g/mol. The smallest absolute Gasteiger partial charge is 0.160 e. The maximum atomic E-state index is 5.14. The lowest BCUT2D eigenvalue weighted by atomic mass is 10.0. The molecule has 0 saturated carbocycles. The molecule has 27 aromatic rings. The molecule has 6 aromatic heterocycles. The summed E-state index contributed by atoms with van der Waals surface area (Å²) in [6.07, 6.45) is 4.24. The maximum absolute atomic E-state index is 5.14. The zero-order valence-electron chi connectivity index (χ0n) is 78.8. The number of hydrogen-bond acceptors (Lipinski definition) is 3. The molecule has 0 amide bonds. The minimum absolute atomic E-state index is 0.717. The average molecular weight is 2120 g/mol. The normalized spacial score (nSPS) is 11.5. The third-order valence-electron chi connectivity index (χ3n) is 27.3. The van der Waals surface area contributed by atoms with E-state index in [2.05, 4.69) is 586 Å². The summed E-state index contributed by atoms with van der Waals surface area (Å²) in [7, 11) is 0. The highest BCUT2D eigenvalue weighted by atomic mass is 79.9. The van der Waals surface area contributed by atoms with Crippen LogP contribution in [-0.2, 0) is 0 Å². The average Bonchev–Trinajstić information content (AvgIpc) is 1.61. The van der Waals surface area contributed by atoms with Crippen molar-refractivity contribution in [1.82, 2.24) is 33.2 Å². The molecule has 0 bridgehead atoms. The number of nitrogens with zero attached hydrogens (tertiary/aromatic N) is 7. The van der Waals surface area contributed by atoms with Gasteiger partial charge in [-0.1, -0.05) is 422 Å². The zero-order valence-corrected chi connectivity index (χ0v) is 85.1. The van der Waals surface area contributed by atoms with Gasteiger partial charge in [0.1, 0.15) is 0 Å². The summed E-state index contributed by atoms with van der Waals surface area (Å²) in [5, 5.41) is 12.1. The highest BCUT2D eigenvalue weighted by molar-refractivity contribution is 9.11. The number of fused-ring (bicyclic) bond motifs is 14. The number of pyridine rings is 1. The number of para-hydroxylation sites is 5. The number of halogens is 4. The molecule has 7 nitrogen and oxygen atoms in total. The number of allylic oxidation sites excluding steroid dienone is 1. The molecule has 0 unspecified atom stereocenters. The van der Waals surface area contributed by atoms with Crippen LogP contribution in [0, 0.1) is 0 Å². The van der Waals surface area contributed by atoms with Gasteiger partial charge in [0.2, 0.25) is 0 Å². The molecule has 0 aliphatic rings. The predicted molar refractivity (Wildman–Crippen MR) is 626 cm³/mol. The quantitative estimate of drug-likeness (QED) is 0.109. The first-order chi connectivity index (χ1) is 71.5. The van der Waals surface area contributed by atoms with Gasteiger partial charge in [0.05, 0.1) is 66.6 Å². The van der Waals surface area contributed by atoms with E-state index in [-0.39, 0.29) is 0 Å². The van der Waals surface area contributed by atoms with Crippen LogP contribution in [0.4, 0.5) is 0 Å². The van der Waals surface area contributed by atoms with Crippen molar-refractivity contribution >= 4 is 179 Å². The van der Waals surface area contributed by atoms with Crippen molar-refractivity contribution in [2.24, 2.45) is 0 Å². The molecular formula is C134H89Br4N7. The van der Waals surface area contributed by atoms with Crippen molar-refractivity contribution in [3.05, 3.63) is 539 Å². The Hall–Kier alpha value is -16.8. The SMILES string of the molecule is Brc1cccc(-c2ccc3c4ccc(-c5ccc6ccccc6n5)cc4n(-c4ccc(-c5ccccc5)cc4)c3c2)c1.Brc1cccc(-c2ccc3c4ccc(-c5nc(-c6ccccc6)c6ccccc6n5)cc4n(-c4ccccc4)c3c2)c1.Brc1cccc(-c2ccc3c4ccccc4n(-c4cccc(-c5ccccc5)c4)c3c2)c1.C/C=C/c1ccc2c3ccc(-c4cccc(Br)c4)cc3n(-c3ccccc3)c2c1. The van der Waals surface area contributed by atoms with Gasteiger partial charge in [-0.3, -0.25) is 0 Å². The van der Waals surface area contributed by atoms with E-state index in [1.807, 2.05) is 24.3 Å². The van der Waals surface area contributed by atoms with Gasteiger partial charge in [-0.2, -0.15) is 0 Å². The number of benzene rings is 21. The second kappa shape index (κ2) is 40.0. The number of rotatable bonds is 14. The fraction of sp³-hybridized carbons (Fsp3) is 0.00746. The van der Waals surface area contributed by atoms with Crippen LogP contribution < -0.4 is 0 Å². The first kappa shape index (κ1) is 90.8. The Bertz CT molecular complexity index is 9630. The minimum atomic E-state index is 0.717. The summed E-state index contributed by atoms with van der Waals surface area (Å²) in [6, 6.07) is 181. The lowest BCUT2D eigenvalue weighted by Crippen LogP contribution is -1.96. The topological polar surface area (TPSA) is 58.4 Å². The van der Waals surface area contributed by atoms with Crippen molar-refractivity contribution in [3.8, 4) is 123 Å². The van der Waals surface area contributed by atoms with Gasteiger partial charge < -0.3 is 18.3 Å². The van der Waals surface area contributed by atoms with E-state index in [9.17, 15) is 0 Å². The van der Waals surface area contributed by atoms with Crippen LogP contribution in [0.2, 0.25) is 0 Å². The molecule has 11 heteroatoms. The van der Waals surface area contributed by atoms with Crippen LogP contribution in [0.3, 0.4) is 0 Å². The summed E-state index contributed by atoms with van der Waals surface area (Å²) < 4.78 is 13.8. The van der Waals surface area contributed by atoms with E-state index in [4.69, 9.17) is 15.0 Å². The van der Waals surface area contributed by atoms with Gasteiger partial charge in [-0.15, -0.1) is 0 Å². The Balaban J connectivity index is 0.000000105. The van der Waals surface area contributed by atoms with E-state index in [0.717, 1.165) is 95.7 Å². The van der Waals surface area contributed by atoms with Crippen LogP contribution in [0.1, 0.15) is 12.5 Å². The standard InChI is InChI=1S/C39H25BrN2.C38H24BrN3.C30H20BrN.C27H20BrN/c40-32-11-6-10-29(23-32)30-15-20-34-35-21-16-31(37-22-17-28-9-4-5-12-36(28)41-37)25-39(35)42(38(34)24-30)33-18-13-27(14-19-33)26-7-2-1-3-8-26;39-29-13-9-12-26(22-29)27-18-20-31-32-21-19-28(24-36(32)42(35(31)23-27)30-14-5-2-6-15-30)38-40-34-17-8-7-16-33(34)37(41-38)25-10-3-1-4-11-25;31-25-12-6-10-22(18-25)24-16-17-28-27-14-4-5-15-29(27)32(30(28)20-24)26-13-7-11-23(19-26)21-8-2-1-3-9-21;1-2-7-19-12-14-24-25-15-13-21(20-8-6-9-22(28)17-20)18-27(25)29(26(24)16-19)23-10-4-3-5-11-23/h1-25H;1-24H;1-20H;2-18H,1H3/b;;;7-2+. The predicted octanol–water partition coefficient (Wildman–Crippen LogP) is 38.7. The molecule has 21 aromatic carbocycles. The first-order valence-electron chi connectivity index (χ1n) is 48.5. The Labute approximate surface area is 873 Å². The highest BCUT2D eigenvalue weighted by Gasteiger charge is 2.23. The van der Waals surface area contributed by atoms with Crippen LogP contribution in [0.25, 0.3) is 239 Å². The van der Waals surface area contributed by atoms with Crippen LogP contribution in [0.15, 0.2) is 534 Å². The lowest BCUT2D eigenvalue weighted by Gasteiger charge is -2.11. The summed E-state index contributed by atoms with van der Waals surface area (Å²) in [5.74, 6) is 0.717. The summed E-state index contributed by atoms with van der Waals surface area (Å²) in [5.41, 5.74) is 36.8. The second-order valence-corrected chi connectivity index (χ2v) is 39.9. The molecule has 27 rings (SSSR count). The fourth-order valence-corrected chi connectivity index (χ4v) is 22.0. The molecule has 0 atom stereocenters. The van der Waals surface area contributed by atoms with Crippen molar-refractivity contribution in [1.29, 1.82) is 0 Å². The highest BCUT2D eigenvalue weighted by Crippen LogP contribution is 2.45. The van der Waals surface area contributed by atoms with Gasteiger partial charge >= 0.3 is 0 Å². The maximum Gasteiger partial charge on any atom is 0.160 e. The molecule has 0 aliphatic heterocycles. The monoisotopic (exact) mass is 2110 g/mol. The Morgan fingerprint density at radius 2 is 0.497 bits per heavy atom. The molecule has 0 spiro atoms. The molecule has 0 N–H and O–H groups in total. The van der Waals surface area contributed by atoms with Gasteiger partial charge in [0.15, 0.2) is 5.82 Å². The Morgan fingerprint density at radius 1 is 0.186 bits per heavy atom. The van der Waals surface area contributed by atoms with Gasteiger partial charge in [0.25, 0.3) is 0 Å². The Kier molecular flexibility index (Phi) is 25.0. The third kappa shape index (κ3) is 18.2. The molecule has 145 heavy (non-hydrogen) atoms. The van der Waals surface area contributed by atoms with Gasteiger partial charge in [-0.25, -0.2) is 15.0 Å². The zero-order chi connectivity index (χ0) is 97.4. The molecule has 0 radical (unpaired) electrons. The van der Waals surface area contributed by atoms with Crippen LogP contribution in [-0.4, -0.2) is 33.2 Å². The molecule has 0 fully saturated rings. The molecule has 0 saturated heterocycles. The van der Waals surface area contributed by atoms with E-state index in [1.165, 1.54) is 154 Å². The fourth-order valence-electron chi connectivity index (χ4n) is 20.4. The van der Waals surface area contributed by atoms with E-state index < -0.39 is 0 Å². The lowest BCUT2D eigenvalue weighted by molar-refractivity contribution is 1.18. The molecule has 0 aliphatic carbocycles. The molecule has 6 heterocycles. The van der Waals surface area contributed by atoms with E-state index >= 15 is 0 Å². The van der Waals surface area contributed by atoms with Crippen LogP contribution >= 0.6 is 63.7 Å². The van der Waals surface area contributed by atoms with E-state index in [1.54, 1.807) is 0 Å². The van der Waals surface area contributed by atoms with Gasteiger partial charge in [-0.05, 0) is 243 Å². The first-order valence-corrected chi connectivity index (χ1v) is 51.7. The second-order valence-electron chi connectivity index (χ2n) is 36.2. The van der Waals surface area contributed by atoms with E-state index in [0.29, 0.717) is 5.82 Å². The number of aromatic nitrogens is 7. The molecule has 688 valence electrons. The largest absolute Gasteiger partial charge is 0.309 e. The summed E-state index contributed by atoms with van der Waals surface area (Å²) in [6.45, 7) is 2.06. The Morgan fingerprint density at radius 3 is 0.966 bits per heavy atom. The van der Waals surface area contributed by atoms with Crippen molar-refractivity contribution < 1.29 is 0 Å². The summed E-state index contributed by atoms with van der Waals surface area (Å²) in [4.78, 5) is 15.2.